The van der Waals surface area contributed by atoms with E-state index >= 15 is 0 Å². The molecule has 2 aromatic carbocycles. The largest absolute Gasteiger partial charge is 0.493 e. The predicted molar refractivity (Wildman–Crippen MR) is 136 cm³/mol. The predicted octanol–water partition coefficient (Wildman–Crippen LogP) is 4.39. The Morgan fingerprint density at radius 1 is 1.18 bits per heavy atom. The molecule has 2 aromatic rings. The summed E-state index contributed by atoms with van der Waals surface area (Å²) >= 11 is 3.61. The molecule has 0 saturated carbocycles. The van der Waals surface area contributed by atoms with Gasteiger partial charge in [0.2, 0.25) is 6.23 Å². The number of nitrogens with two attached hydrogens (primary N) is 1. The normalized spacial score (nSPS) is 18.7. The van der Waals surface area contributed by atoms with Gasteiger partial charge >= 0.3 is 0 Å². The Bertz CT molecular complexity index is 1200. The first-order valence-corrected chi connectivity index (χ1v) is 12.2. The van der Waals surface area contributed by atoms with E-state index in [2.05, 4.69) is 63.9 Å². The SMILES string of the molecule is CCN(CC)CCc1ccc2c(c1)OC1N=C(N)C(C#N)=C1C2c1cc(Br)c(OC)c(OC)c1. The van der Waals surface area contributed by atoms with Gasteiger partial charge in [-0.15, -0.1) is 0 Å². The summed E-state index contributed by atoms with van der Waals surface area (Å²) in [6.07, 6.45) is 0.296. The van der Waals surface area contributed by atoms with E-state index in [0.29, 0.717) is 17.1 Å². The minimum atomic E-state index is -0.628. The minimum absolute atomic E-state index is 0.210. The molecule has 2 heterocycles. The first kappa shape index (κ1) is 24.1. The maximum absolute atomic E-state index is 9.86. The Morgan fingerprint density at radius 2 is 1.94 bits per heavy atom. The number of hydrogen-bond donors (Lipinski definition) is 1. The third kappa shape index (κ3) is 4.26. The van der Waals surface area contributed by atoms with E-state index in [-0.39, 0.29) is 11.8 Å². The van der Waals surface area contributed by atoms with Gasteiger partial charge in [0, 0.05) is 23.6 Å². The van der Waals surface area contributed by atoms with Gasteiger partial charge < -0.3 is 24.8 Å². The van der Waals surface area contributed by atoms with Crippen LogP contribution in [0.2, 0.25) is 0 Å². The summed E-state index contributed by atoms with van der Waals surface area (Å²) in [4.78, 5) is 6.86. The van der Waals surface area contributed by atoms with Crippen LogP contribution in [0.1, 0.15) is 36.5 Å². The van der Waals surface area contributed by atoms with E-state index in [9.17, 15) is 5.26 Å². The molecule has 0 bridgehead atoms. The number of hydrogen-bond acceptors (Lipinski definition) is 7. The summed E-state index contributed by atoms with van der Waals surface area (Å²) in [6, 6.07) is 12.5. The third-order valence-electron chi connectivity index (χ3n) is 6.52. The molecule has 8 heteroatoms. The highest BCUT2D eigenvalue weighted by molar-refractivity contribution is 9.10. The number of halogens is 1. The first-order chi connectivity index (χ1) is 16.4. The molecule has 0 amide bonds. The van der Waals surface area contributed by atoms with Gasteiger partial charge in [-0.1, -0.05) is 26.0 Å². The lowest BCUT2D eigenvalue weighted by Gasteiger charge is -2.32. The topological polar surface area (TPSA) is 93.1 Å². The van der Waals surface area contributed by atoms with Crippen molar-refractivity contribution in [3.05, 3.63) is 62.6 Å². The van der Waals surface area contributed by atoms with Crippen molar-refractivity contribution >= 4 is 21.8 Å². The Balaban J connectivity index is 1.83. The monoisotopic (exact) mass is 524 g/mol. The molecule has 0 aromatic heterocycles. The zero-order valence-corrected chi connectivity index (χ0v) is 21.5. The number of nitriles is 1. The standard InChI is InChI=1S/C26H29BrN4O3/c1-5-31(6-2)10-9-15-7-8-17-20(11-15)34-26-23(18(14-28)25(29)30-26)22(17)16-12-19(27)24(33-4)21(13-16)32-3/h7-8,11-13,22,26H,5-6,9-10H2,1-4H3,(H2,29,30). The van der Waals surface area contributed by atoms with Gasteiger partial charge in [0.1, 0.15) is 17.7 Å². The maximum Gasteiger partial charge on any atom is 0.216 e. The number of benzene rings is 2. The van der Waals surface area contributed by atoms with Crippen LogP contribution >= 0.6 is 15.9 Å². The van der Waals surface area contributed by atoms with Crippen LogP contribution in [-0.4, -0.2) is 50.8 Å². The zero-order chi connectivity index (χ0) is 24.4. The summed E-state index contributed by atoms with van der Waals surface area (Å²) < 4.78 is 18.1. The Labute approximate surface area is 208 Å². The Morgan fingerprint density at radius 3 is 2.59 bits per heavy atom. The van der Waals surface area contributed by atoms with Crippen LogP contribution in [0.4, 0.5) is 0 Å². The summed E-state index contributed by atoms with van der Waals surface area (Å²) in [5.41, 5.74) is 10.3. The van der Waals surface area contributed by atoms with Crippen LogP contribution < -0.4 is 19.9 Å². The zero-order valence-electron chi connectivity index (χ0n) is 19.9. The Kier molecular flexibility index (Phi) is 7.15. The molecule has 2 atom stereocenters. The van der Waals surface area contributed by atoms with Gasteiger partial charge in [-0.25, -0.2) is 4.99 Å². The number of rotatable bonds is 8. The second-order valence-corrected chi connectivity index (χ2v) is 9.10. The quantitative estimate of drug-likeness (QED) is 0.550. The fourth-order valence-corrected chi connectivity index (χ4v) is 5.31. The van der Waals surface area contributed by atoms with Crippen LogP contribution in [0.15, 0.2) is 50.9 Å². The van der Waals surface area contributed by atoms with Gasteiger partial charge in [0.15, 0.2) is 11.5 Å². The van der Waals surface area contributed by atoms with E-state index in [0.717, 1.165) is 53.0 Å². The van der Waals surface area contributed by atoms with Crippen LogP contribution in [0, 0.1) is 11.3 Å². The fraction of sp³-hybridized carbons (Fsp3) is 0.385. The second-order valence-electron chi connectivity index (χ2n) is 8.25. The minimum Gasteiger partial charge on any atom is -0.493 e. The van der Waals surface area contributed by atoms with E-state index in [1.54, 1.807) is 14.2 Å². The van der Waals surface area contributed by atoms with Gasteiger partial charge in [0.25, 0.3) is 0 Å². The molecule has 2 aliphatic heterocycles. The summed E-state index contributed by atoms with van der Waals surface area (Å²) in [6.45, 7) is 7.38. The highest BCUT2D eigenvalue weighted by atomic mass is 79.9. The van der Waals surface area contributed by atoms with Gasteiger partial charge in [-0.3, -0.25) is 0 Å². The average molecular weight is 525 g/mol. The molecule has 0 aliphatic carbocycles. The Hall–Kier alpha value is -3.02. The second kappa shape index (κ2) is 10.1. The van der Waals surface area contributed by atoms with E-state index in [4.69, 9.17) is 19.9 Å². The number of ether oxygens (including phenoxy) is 3. The summed E-state index contributed by atoms with van der Waals surface area (Å²) in [5.74, 6) is 1.91. The third-order valence-corrected chi connectivity index (χ3v) is 7.11. The molecule has 7 nitrogen and oxygen atoms in total. The highest BCUT2D eigenvalue weighted by Gasteiger charge is 2.41. The number of fused-ring (bicyclic) bond motifs is 2. The number of amidine groups is 1. The van der Waals surface area contributed by atoms with Gasteiger partial charge in [-0.2, -0.15) is 5.26 Å². The van der Waals surface area contributed by atoms with Gasteiger partial charge in [0.05, 0.1) is 24.3 Å². The highest BCUT2D eigenvalue weighted by Crippen LogP contribution is 2.50. The van der Waals surface area contributed by atoms with Crippen molar-refractivity contribution in [1.29, 1.82) is 5.26 Å². The lowest BCUT2D eigenvalue weighted by atomic mass is 9.80. The molecule has 0 fully saturated rings. The van der Waals surface area contributed by atoms with E-state index in [1.807, 2.05) is 12.1 Å². The summed E-state index contributed by atoms with van der Waals surface area (Å²) in [7, 11) is 3.21. The first-order valence-electron chi connectivity index (χ1n) is 11.4. The molecule has 0 radical (unpaired) electrons. The van der Waals surface area contributed by atoms with Crippen molar-refractivity contribution < 1.29 is 14.2 Å². The molecular formula is C26H29BrN4O3. The van der Waals surface area contributed by atoms with Gasteiger partial charge in [-0.05, 0) is 64.8 Å². The molecule has 2 N–H and O–H groups in total. The average Bonchev–Trinajstić information content (AvgIpc) is 3.16. The smallest absolute Gasteiger partial charge is 0.216 e. The van der Waals surface area contributed by atoms with Crippen molar-refractivity contribution in [3.8, 4) is 23.3 Å². The molecule has 178 valence electrons. The number of nitrogens with zero attached hydrogens (tertiary/aromatic N) is 3. The van der Waals surface area contributed by atoms with E-state index < -0.39 is 6.23 Å². The van der Waals surface area contributed by atoms with Crippen LogP contribution in [-0.2, 0) is 6.42 Å². The molecule has 2 unspecified atom stereocenters. The van der Waals surface area contributed by atoms with E-state index in [1.165, 1.54) is 5.56 Å². The molecule has 34 heavy (non-hydrogen) atoms. The molecule has 0 spiro atoms. The lowest BCUT2D eigenvalue weighted by Crippen LogP contribution is -2.27. The fourth-order valence-electron chi connectivity index (χ4n) is 4.68. The van der Waals surface area contributed by atoms with Crippen molar-refractivity contribution in [1.82, 2.24) is 4.90 Å². The van der Waals surface area contributed by atoms with Crippen LogP contribution in [0.3, 0.4) is 0 Å². The molecule has 0 saturated heterocycles. The van der Waals surface area contributed by atoms with Crippen molar-refractivity contribution in [2.75, 3.05) is 33.9 Å². The summed E-state index contributed by atoms with van der Waals surface area (Å²) in [5, 5.41) is 9.86. The van der Waals surface area contributed by atoms with Crippen molar-refractivity contribution in [3.63, 3.8) is 0 Å². The molecular weight excluding hydrogens is 496 g/mol. The van der Waals surface area contributed by atoms with Crippen LogP contribution in [0.25, 0.3) is 0 Å². The number of aliphatic imine (C=N–C) groups is 1. The number of likely N-dealkylation sites (N-methyl/N-ethyl adjacent to an activating group) is 1. The molecule has 4 rings (SSSR count). The molecule has 2 aliphatic rings. The number of methoxy groups -OCH3 is 2. The van der Waals surface area contributed by atoms with Crippen molar-refractivity contribution in [2.24, 2.45) is 10.7 Å². The maximum atomic E-state index is 9.86. The lowest BCUT2D eigenvalue weighted by molar-refractivity contribution is 0.227. The van der Waals surface area contributed by atoms with Crippen molar-refractivity contribution in [2.45, 2.75) is 32.4 Å². The van der Waals surface area contributed by atoms with Crippen LogP contribution in [0.5, 0.6) is 17.2 Å².